The topological polar surface area (TPSA) is 89.6 Å². The average molecular weight is 240 g/mol. The van der Waals surface area contributed by atoms with Crippen LogP contribution in [-0.2, 0) is 14.3 Å². The first kappa shape index (κ1) is 16.6. The summed E-state index contributed by atoms with van der Waals surface area (Å²) in [5, 5.41) is 8.73. The Morgan fingerprint density at radius 2 is 1.80 bits per heavy atom. The third-order valence-electron chi connectivity index (χ3n) is 1.59. The van der Waals surface area contributed by atoms with Crippen molar-refractivity contribution in [2.24, 2.45) is 11.7 Å². The van der Waals surface area contributed by atoms with Gasteiger partial charge in [-0.1, -0.05) is 13.8 Å². The molecule has 0 radical (unpaired) electrons. The predicted octanol–water partition coefficient (Wildman–Crippen LogP) is 0.798. The Kier molecular flexibility index (Phi) is 8.28. The number of hydrogen-bond acceptors (Lipinski definition) is 4. The lowest BCUT2D eigenvalue weighted by Gasteiger charge is -2.16. The van der Waals surface area contributed by atoms with Crippen LogP contribution in [0.25, 0.3) is 0 Å². The summed E-state index contributed by atoms with van der Waals surface area (Å²) < 4.78 is 4.72. The van der Waals surface area contributed by atoms with E-state index in [9.17, 15) is 9.59 Å². The maximum absolute atomic E-state index is 11.0. The van der Waals surface area contributed by atoms with E-state index in [1.54, 1.807) is 0 Å². The molecule has 0 aliphatic heterocycles. The van der Waals surface area contributed by atoms with Gasteiger partial charge in [-0.15, -0.1) is 12.4 Å². The molecule has 15 heavy (non-hydrogen) atoms. The molecule has 5 nitrogen and oxygen atoms in total. The molecule has 90 valence electrons. The molecule has 0 saturated heterocycles. The Balaban J connectivity index is 0. The summed E-state index contributed by atoms with van der Waals surface area (Å²) in [6, 6.07) is -0.788. The van der Waals surface area contributed by atoms with Crippen LogP contribution in [0.15, 0.2) is 0 Å². The standard InChI is InChI=1S/C9H17NO4.ClH/c1-5(2)4-7(8(11)12)14-9(13)6(3)10;/h5-7H,4,10H2,1-3H3,(H,11,12);1H/t6-,7-;/m0./s1. The second kappa shape index (κ2) is 7.48. The quantitative estimate of drug-likeness (QED) is 0.693. The third kappa shape index (κ3) is 7.16. The maximum atomic E-state index is 11.0. The van der Waals surface area contributed by atoms with E-state index in [1.165, 1.54) is 6.92 Å². The number of carbonyl (C=O) groups excluding carboxylic acids is 1. The minimum Gasteiger partial charge on any atom is -0.479 e. The molecule has 3 N–H and O–H groups in total. The first-order valence-corrected chi connectivity index (χ1v) is 4.53. The molecular formula is C9H18ClNO4. The number of halogens is 1. The lowest BCUT2D eigenvalue weighted by atomic mass is 10.1. The van der Waals surface area contributed by atoms with Crippen molar-refractivity contribution in [2.75, 3.05) is 0 Å². The normalized spacial score (nSPS) is 13.9. The lowest BCUT2D eigenvalue weighted by molar-refractivity contribution is -0.165. The number of carboxylic acid groups (broad SMARTS) is 1. The summed E-state index contributed by atoms with van der Waals surface area (Å²) in [6.45, 7) is 5.17. The molecule has 0 unspecified atom stereocenters. The number of hydrogen-bond donors (Lipinski definition) is 2. The summed E-state index contributed by atoms with van der Waals surface area (Å²) in [5.74, 6) is -1.66. The molecule has 0 aromatic carbocycles. The summed E-state index contributed by atoms with van der Waals surface area (Å²) >= 11 is 0. The van der Waals surface area contributed by atoms with E-state index >= 15 is 0 Å². The Bertz CT molecular complexity index is 218. The molecule has 0 bridgehead atoms. The van der Waals surface area contributed by atoms with Gasteiger partial charge in [0, 0.05) is 0 Å². The van der Waals surface area contributed by atoms with Crippen LogP contribution in [0.3, 0.4) is 0 Å². The molecule has 0 amide bonds. The second-order valence-corrected chi connectivity index (χ2v) is 3.68. The molecule has 6 heteroatoms. The zero-order valence-corrected chi connectivity index (χ0v) is 9.91. The number of carboxylic acids is 1. The molecule has 0 aliphatic carbocycles. The van der Waals surface area contributed by atoms with Gasteiger partial charge >= 0.3 is 11.9 Å². The van der Waals surface area contributed by atoms with Crippen molar-refractivity contribution >= 4 is 24.3 Å². The molecule has 0 rings (SSSR count). The van der Waals surface area contributed by atoms with Gasteiger partial charge in [0.1, 0.15) is 6.04 Å². The zero-order valence-electron chi connectivity index (χ0n) is 9.10. The smallest absolute Gasteiger partial charge is 0.345 e. The van der Waals surface area contributed by atoms with E-state index in [2.05, 4.69) is 0 Å². The van der Waals surface area contributed by atoms with E-state index in [4.69, 9.17) is 15.6 Å². The summed E-state index contributed by atoms with van der Waals surface area (Å²) in [6.07, 6.45) is -0.790. The number of rotatable bonds is 5. The van der Waals surface area contributed by atoms with Gasteiger partial charge in [-0.25, -0.2) is 4.79 Å². The van der Waals surface area contributed by atoms with Gasteiger partial charge in [0.05, 0.1) is 0 Å². The van der Waals surface area contributed by atoms with Crippen LogP contribution in [0, 0.1) is 5.92 Å². The average Bonchev–Trinajstić information content (AvgIpc) is 2.01. The fourth-order valence-electron chi connectivity index (χ4n) is 0.875. The lowest BCUT2D eigenvalue weighted by Crippen LogP contribution is -2.36. The Labute approximate surface area is 95.4 Å². The van der Waals surface area contributed by atoms with Crippen molar-refractivity contribution in [3.8, 4) is 0 Å². The minimum absolute atomic E-state index is 0. The van der Waals surface area contributed by atoms with Crippen LogP contribution in [0.4, 0.5) is 0 Å². The van der Waals surface area contributed by atoms with E-state index in [0.717, 1.165) is 0 Å². The highest BCUT2D eigenvalue weighted by Crippen LogP contribution is 2.09. The van der Waals surface area contributed by atoms with Crippen LogP contribution in [0.1, 0.15) is 27.2 Å². The highest BCUT2D eigenvalue weighted by Gasteiger charge is 2.24. The van der Waals surface area contributed by atoms with Gasteiger partial charge in [0.2, 0.25) is 0 Å². The molecule has 0 heterocycles. The maximum Gasteiger partial charge on any atom is 0.345 e. The van der Waals surface area contributed by atoms with Gasteiger partial charge in [-0.2, -0.15) is 0 Å². The molecular weight excluding hydrogens is 222 g/mol. The molecule has 0 aromatic heterocycles. The third-order valence-corrected chi connectivity index (χ3v) is 1.59. The van der Waals surface area contributed by atoms with E-state index in [1.807, 2.05) is 13.8 Å². The van der Waals surface area contributed by atoms with Gasteiger partial charge < -0.3 is 15.6 Å². The number of carbonyl (C=O) groups is 2. The van der Waals surface area contributed by atoms with Crippen molar-refractivity contribution in [1.29, 1.82) is 0 Å². The fraction of sp³-hybridized carbons (Fsp3) is 0.778. The molecule has 0 fully saturated rings. The number of aliphatic carboxylic acids is 1. The fourth-order valence-corrected chi connectivity index (χ4v) is 0.875. The molecule has 2 atom stereocenters. The van der Waals surface area contributed by atoms with Crippen LogP contribution in [0.2, 0.25) is 0 Å². The minimum atomic E-state index is -1.13. The highest BCUT2D eigenvalue weighted by molar-refractivity contribution is 5.85. The van der Waals surface area contributed by atoms with Crippen molar-refractivity contribution in [3.63, 3.8) is 0 Å². The van der Waals surface area contributed by atoms with Crippen molar-refractivity contribution in [2.45, 2.75) is 39.3 Å². The molecule has 0 aliphatic rings. The molecule has 0 aromatic rings. The monoisotopic (exact) mass is 239 g/mol. The van der Waals surface area contributed by atoms with Crippen LogP contribution in [-0.4, -0.2) is 29.2 Å². The largest absolute Gasteiger partial charge is 0.479 e. The van der Waals surface area contributed by atoms with Crippen LogP contribution < -0.4 is 5.73 Å². The van der Waals surface area contributed by atoms with E-state index < -0.39 is 24.1 Å². The zero-order chi connectivity index (χ0) is 11.3. The first-order valence-electron chi connectivity index (χ1n) is 4.53. The van der Waals surface area contributed by atoms with Crippen LogP contribution >= 0.6 is 12.4 Å². The van der Waals surface area contributed by atoms with E-state index in [-0.39, 0.29) is 18.3 Å². The number of esters is 1. The first-order chi connectivity index (χ1) is 6.34. The van der Waals surface area contributed by atoms with Gasteiger partial charge in [-0.3, -0.25) is 4.79 Å². The van der Waals surface area contributed by atoms with Gasteiger partial charge in [-0.05, 0) is 19.3 Å². The Morgan fingerprint density at radius 3 is 2.07 bits per heavy atom. The predicted molar refractivity (Wildman–Crippen MR) is 57.9 cm³/mol. The molecule has 0 spiro atoms. The summed E-state index contributed by atoms with van der Waals surface area (Å²) in [5.41, 5.74) is 5.25. The van der Waals surface area contributed by atoms with Crippen LogP contribution in [0.5, 0.6) is 0 Å². The SMILES string of the molecule is CC(C)C[C@H](OC(=O)[C@H](C)N)C(=O)O.Cl. The van der Waals surface area contributed by atoms with Gasteiger partial charge in [0.15, 0.2) is 6.10 Å². The van der Waals surface area contributed by atoms with Gasteiger partial charge in [0.25, 0.3) is 0 Å². The second-order valence-electron chi connectivity index (χ2n) is 3.68. The Morgan fingerprint density at radius 1 is 1.33 bits per heavy atom. The highest BCUT2D eigenvalue weighted by atomic mass is 35.5. The Hall–Kier alpha value is -0.810. The summed E-state index contributed by atoms with van der Waals surface area (Å²) in [4.78, 5) is 21.7. The number of ether oxygens (including phenoxy) is 1. The van der Waals surface area contributed by atoms with Crippen molar-refractivity contribution in [3.05, 3.63) is 0 Å². The molecule has 0 saturated carbocycles. The van der Waals surface area contributed by atoms with E-state index in [0.29, 0.717) is 6.42 Å². The number of nitrogens with two attached hydrogens (primary N) is 1. The van der Waals surface area contributed by atoms with Crippen molar-refractivity contribution < 1.29 is 19.4 Å². The van der Waals surface area contributed by atoms with Crippen molar-refractivity contribution in [1.82, 2.24) is 0 Å². The summed E-state index contributed by atoms with van der Waals surface area (Å²) in [7, 11) is 0.